The van der Waals surface area contributed by atoms with E-state index in [0.717, 1.165) is 19.5 Å². The average Bonchev–Trinajstić information content (AvgIpc) is 2.44. The summed E-state index contributed by atoms with van der Waals surface area (Å²) in [5, 5.41) is 12.7. The number of piperidine rings is 1. The van der Waals surface area contributed by atoms with Crippen molar-refractivity contribution in [2.45, 2.75) is 52.9 Å². The number of hydrogen-bond donors (Lipinski definition) is 2. The summed E-state index contributed by atoms with van der Waals surface area (Å²) in [6, 6.07) is 0. The zero-order valence-electron chi connectivity index (χ0n) is 13.2. The van der Waals surface area contributed by atoms with E-state index in [4.69, 9.17) is 5.11 Å². The van der Waals surface area contributed by atoms with Crippen LogP contribution < -0.4 is 5.32 Å². The summed E-state index contributed by atoms with van der Waals surface area (Å²) in [6.07, 6.45) is 6.08. The molecular formula is C16H34N2O. The monoisotopic (exact) mass is 270 g/mol. The SMILES string of the molecule is CCNCC(CC)(CC)CN1CCCC(CCO)C1. The highest BCUT2D eigenvalue weighted by Crippen LogP contribution is 2.29. The second kappa shape index (κ2) is 8.93. The molecule has 114 valence electrons. The fourth-order valence-electron chi connectivity index (χ4n) is 3.36. The van der Waals surface area contributed by atoms with E-state index in [1.54, 1.807) is 0 Å². The van der Waals surface area contributed by atoms with Gasteiger partial charge in [-0.2, -0.15) is 0 Å². The van der Waals surface area contributed by atoms with Gasteiger partial charge in [0.1, 0.15) is 0 Å². The molecule has 0 spiro atoms. The molecule has 0 bridgehead atoms. The number of likely N-dealkylation sites (tertiary alicyclic amines) is 1. The molecule has 0 aliphatic carbocycles. The molecule has 2 N–H and O–H groups in total. The topological polar surface area (TPSA) is 35.5 Å². The molecule has 1 rings (SSSR count). The first kappa shape index (κ1) is 16.9. The van der Waals surface area contributed by atoms with Crippen molar-refractivity contribution in [3.05, 3.63) is 0 Å². The zero-order valence-corrected chi connectivity index (χ0v) is 13.2. The minimum absolute atomic E-state index is 0.350. The lowest BCUT2D eigenvalue weighted by Gasteiger charge is -2.41. The second-order valence-electron chi connectivity index (χ2n) is 6.24. The Morgan fingerprint density at radius 3 is 2.58 bits per heavy atom. The molecule has 0 amide bonds. The smallest absolute Gasteiger partial charge is 0.0434 e. The largest absolute Gasteiger partial charge is 0.396 e. The average molecular weight is 270 g/mol. The molecule has 1 atom stereocenters. The molecule has 1 unspecified atom stereocenters. The Kier molecular flexibility index (Phi) is 7.96. The highest BCUT2D eigenvalue weighted by molar-refractivity contribution is 4.85. The van der Waals surface area contributed by atoms with E-state index in [1.807, 2.05) is 0 Å². The van der Waals surface area contributed by atoms with Gasteiger partial charge in [0.05, 0.1) is 0 Å². The minimum Gasteiger partial charge on any atom is -0.396 e. The lowest BCUT2D eigenvalue weighted by molar-refractivity contribution is 0.0856. The third-order valence-corrected chi connectivity index (χ3v) is 4.95. The summed E-state index contributed by atoms with van der Waals surface area (Å²) in [4.78, 5) is 2.65. The maximum atomic E-state index is 9.12. The number of aliphatic hydroxyl groups excluding tert-OH is 1. The lowest BCUT2D eigenvalue weighted by atomic mass is 9.80. The number of rotatable bonds is 9. The van der Waals surface area contributed by atoms with Gasteiger partial charge in [-0.05, 0) is 56.5 Å². The van der Waals surface area contributed by atoms with Gasteiger partial charge in [0.2, 0.25) is 0 Å². The van der Waals surface area contributed by atoms with Gasteiger partial charge in [0, 0.05) is 26.2 Å². The van der Waals surface area contributed by atoms with Crippen LogP contribution in [0.25, 0.3) is 0 Å². The molecule has 0 aromatic carbocycles. The highest BCUT2D eigenvalue weighted by atomic mass is 16.3. The summed E-state index contributed by atoms with van der Waals surface area (Å²) in [7, 11) is 0. The standard InChI is InChI=1S/C16H34N2O/c1-4-16(5-2,13-17-6-3)14-18-10-7-8-15(12-18)9-11-19/h15,17,19H,4-14H2,1-3H3. The minimum atomic E-state index is 0.350. The van der Waals surface area contributed by atoms with Crippen molar-refractivity contribution in [2.75, 3.05) is 39.3 Å². The first-order valence-electron chi connectivity index (χ1n) is 8.23. The highest BCUT2D eigenvalue weighted by Gasteiger charge is 2.30. The van der Waals surface area contributed by atoms with Crippen molar-refractivity contribution in [1.82, 2.24) is 10.2 Å². The van der Waals surface area contributed by atoms with Gasteiger partial charge in [-0.25, -0.2) is 0 Å². The molecule has 1 aliphatic heterocycles. The Morgan fingerprint density at radius 1 is 1.26 bits per heavy atom. The van der Waals surface area contributed by atoms with Gasteiger partial charge in [0.25, 0.3) is 0 Å². The maximum Gasteiger partial charge on any atom is 0.0434 e. The van der Waals surface area contributed by atoms with Gasteiger partial charge >= 0.3 is 0 Å². The van der Waals surface area contributed by atoms with Crippen LogP contribution in [0.2, 0.25) is 0 Å². The van der Waals surface area contributed by atoms with Crippen LogP contribution in [-0.2, 0) is 0 Å². The van der Waals surface area contributed by atoms with Crippen LogP contribution >= 0.6 is 0 Å². The summed E-state index contributed by atoms with van der Waals surface area (Å²) in [5.74, 6) is 0.712. The number of aliphatic hydroxyl groups is 1. The van der Waals surface area contributed by atoms with E-state index < -0.39 is 0 Å². The number of nitrogens with one attached hydrogen (secondary N) is 1. The predicted molar refractivity (Wildman–Crippen MR) is 82.4 cm³/mol. The van der Waals surface area contributed by atoms with E-state index in [9.17, 15) is 0 Å². The van der Waals surface area contributed by atoms with Crippen molar-refractivity contribution in [3.63, 3.8) is 0 Å². The second-order valence-corrected chi connectivity index (χ2v) is 6.24. The van der Waals surface area contributed by atoms with E-state index in [2.05, 4.69) is 31.0 Å². The van der Waals surface area contributed by atoms with Gasteiger partial charge in [-0.1, -0.05) is 20.8 Å². The first-order chi connectivity index (χ1) is 9.19. The molecule has 0 aromatic rings. The zero-order chi connectivity index (χ0) is 14.1. The van der Waals surface area contributed by atoms with Crippen molar-refractivity contribution < 1.29 is 5.11 Å². The molecule has 1 aliphatic rings. The molecule has 1 fully saturated rings. The molecule has 3 heteroatoms. The third kappa shape index (κ3) is 5.41. The summed E-state index contributed by atoms with van der Waals surface area (Å²) in [6.45, 7) is 13.1. The number of hydrogen-bond acceptors (Lipinski definition) is 3. The van der Waals surface area contributed by atoms with Crippen molar-refractivity contribution >= 4 is 0 Å². The predicted octanol–water partition coefficient (Wildman–Crippen LogP) is 2.50. The van der Waals surface area contributed by atoms with Crippen LogP contribution in [0.1, 0.15) is 52.9 Å². The van der Waals surface area contributed by atoms with E-state index in [-0.39, 0.29) is 0 Å². The van der Waals surface area contributed by atoms with E-state index in [1.165, 1.54) is 45.3 Å². The van der Waals surface area contributed by atoms with Gasteiger partial charge in [0.15, 0.2) is 0 Å². The van der Waals surface area contributed by atoms with Crippen LogP contribution in [0, 0.1) is 11.3 Å². The lowest BCUT2D eigenvalue weighted by Crippen LogP contribution is -2.47. The quantitative estimate of drug-likeness (QED) is 0.676. The van der Waals surface area contributed by atoms with Crippen molar-refractivity contribution in [3.8, 4) is 0 Å². The third-order valence-electron chi connectivity index (χ3n) is 4.95. The van der Waals surface area contributed by atoms with Gasteiger partial charge in [-0.3, -0.25) is 0 Å². The molecule has 1 heterocycles. The number of nitrogens with zero attached hydrogens (tertiary/aromatic N) is 1. The Morgan fingerprint density at radius 2 is 2.00 bits per heavy atom. The van der Waals surface area contributed by atoms with E-state index >= 15 is 0 Å². The molecule has 0 saturated carbocycles. The van der Waals surface area contributed by atoms with Gasteiger partial charge < -0.3 is 15.3 Å². The first-order valence-corrected chi connectivity index (χ1v) is 8.23. The molecule has 0 aromatic heterocycles. The van der Waals surface area contributed by atoms with Crippen molar-refractivity contribution in [1.29, 1.82) is 0 Å². The fourth-order valence-corrected chi connectivity index (χ4v) is 3.36. The molecule has 3 nitrogen and oxygen atoms in total. The Hall–Kier alpha value is -0.120. The Labute approximate surface area is 119 Å². The van der Waals surface area contributed by atoms with Crippen LogP contribution in [0.15, 0.2) is 0 Å². The Bertz CT molecular complexity index is 227. The van der Waals surface area contributed by atoms with Crippen LogP contribution in [0.5, 0.6) is 0 Å². The maximum absolute atomic E-state index is 9.12. The fraction of sp³-hybridized carbons (Fsp3) is 1.00. The summed E-state index contributed by atoms with van der Waals surface area (Å²) >= 11 is 0. The van der Waals surface area contributed by atoms with Crippen molar-refractivity contribution in [2.24, 2.45) is 11.3 Å². The molecule has 0 radical (unpaired) electrons. The van der Waals surface area contributed by atoms with E-state index in [0.29, 0.717) is 17.9 Å². The molecule has 1 saturated heterocycles. The van der Waals surface area contributed by atoms with Gasteiger partial charge in [-0.15, -0.1) is 0 Å². The normalized spacial score (nSPS) is 21.8. The Balaban J connectivity index is 2.52. The van der Waals surface area contributed by atoms with Crippen LogP contribution in [-0.4, -0.2) is 49.3 Å². The van der Waals surface area contributed by atoms with Crippen LogP contribution in [0.4, 0.5) is 0 Å². The summed E-state index contributed by atoms with van der Waals surface area (Å²) in [5.41, 5.74) is 0.428. The summed E-state index contributed by atoms with van der Waals surface area (Å²) < 4.78 is 0. The molecular weight excluding hydrogens is 236 g/mol. The molecule has 19 heavy (non-hydrogen) atoms. The van der Waals surface area contributed by atoms with Crippen LogP contribution in [0.3, 0.4) is 0 Å².